The van der Waals surface area contributed by atoms with Gasteiger partial charge in [-0.05, 0) is 30.7 Å². The molecule has 22 heavy (non-hydrogen) atoms. The molecule has 1 heterocycles. The van der Waals surface area contributed by atoms with Crippen molar-refractivity contribution in [3.63, 3.8) is 0 Å². The molecule has 0 saturated heterocycles. The molecular weight excluding hydrogens is 294 g/mol. The van der Waals surface area contributed by atoms with Gasteiger partial charge in [-0.2, -0.15) is 0 Å². The van der Waals surface area contributed by atoms with Gasteiger partial charge in [-0.15, -0.1) is 11.3 Å². The topological polar surface area (TPSA) is 45.6 Å². The fourth-order valence-corrected chi connectivity index (χ4v) is 3.09. The normalized spacial score (nSPS) is 14.9. The Morgan fingerprint density at radius 1 is 1.32 bits per heavy atom. The van der Waals surface area contributed by atoms with Crippen LogP contribution in [0, 0.1) is 5.92 Å². The third kappa shape index (κ3) is 6.79. The first-order valence-electron chi connectivity index (χ1n) is 8.18. The number of aliphatic imine (C=N–C) groups is 1. The molecule has 2 N–H and O–H groups in total. The molecule has 0 amide bonds. The average molecular weight is 326 g/mol. The van der Waals surface area contributed by atoms with Crippen LogP contribution in [0.1, 0.15) is 44.9 Å². The van der Waals surface area contributed by atoms with Crippen molar-refractivity contribution in [1.82, 2.24) is 10.6 Å². The van der Waals surface area contributed by atoms with E-state index < -0.39 is 0 Å². The molecule has 1 aromatic rings. The van der Waals surface area contributed by atoms with Crippen molar-refractivity contribution in [2.75, 3.05) is 26.7 Å². The fraction of sp³-hybridized carbons (Fsp3) is 0.706. The van der Waals surface area contributed by atoms with Gasteiger partial charge in [0.25, 0.3) is 0 Å². The van der Waals surface area contributed by atoms with Gasteiger partial charge in [0.2, 0.25) is 0 Å². The van der Waals surface area contributed by atoms with Gasteiger partial charge in [0, 0.05) is 37.5 Å². The number of hydrogen-bond donors (Lipinski definition) is 2. The zero-order chi connectivity index (χ0) is 16.4. The minimum atomic E-state index is 0.306. The molecule has 0 radical (unpaired) electrons. The van der Waals surface area contributed by atoms with Crippen molar-refractivity contribution in [2.24, 2.45) is 10.9 Å². The maximum atomic E-state index is 5.77. The highest BCUT2D eigenvalue weighted by molar-refractivity contribution is 7.10. The Balaban J connectivity index is 2.30. The summed E-state index contributed by atoms with van der Waals surface area (Å²) in [6.45, 7) is 11.2. The van der Waals surface area contributed by atoms with Gasteiger partial charge in [-0.1, -0.05) is 26.8 Å². The third-order valence-electron chi connectivity index (χ3n) is 3.67. The molecule has 2 atom stereocenters. The summed E-state index contributed by atoms with van der Waals surface area (Å²) < 4.78 is 5.77. The fourth-order valence-electron chi connectivity index (χ4n) is 2.30. The van der Waals surface area contributed by atoms with Gasteiger partial charge >= 0.3 is 0 Å². The molecule has 126 valence electrons. The van der Waals surface area contributed by atoms with E-state index >= 15 is 0 Å². The van der Waals surface area contributed by atoms with E-state index in [-0.39, 0.29) is 0 Å². The molecule has 0 spiro atoms. The van der Waals surface area contributed by atoms with Crippen LogP contribution in [-0.4, -0.2) is 38.8 Å². The van der Waals surface area contributed by atoms with Crippen LogP contribution < -0.4 is 10.6 Å². The SMILES string of the molecule is CCOC(CCNC(=NC)NCC(C)c1cccs1)C(C)C. The molecule has 1 aromatic heterocycles. The summed E-state index contributed by atoms with van der Waals surface area (Å²) in [6, 6.07) is 4.28. The van der Waals surface area contributed by atoms with Crippen LogP contribution in [0.2, 0.25) is 0 Å². The molecule has 0 saturated carbocycles. The summed E-state index contributed by atoms with van der Waals surface area (Å²) in [6.07, 6.45) is 1.30. The van der Waals surface area contributed by atoms with Crippen LogP contribution in [0.5, 0.6) is 0 Å². The predicted molar refractivity (Wildman–Crippen MR) is 97.0 cm³/mol. The maximum Gasteiger partial charge on any atom is 0.190 e. The van der Waals surface area contributed by atoms with E-state index in [2.05, 4.69) is 60.8 Å². The zero-order valence-electron chi connectivity index (χ0n) is 14.6. The highest BCUT2D eigenvalue weighted by Crippen LogP contribution is 2.19. The van der Waals surface area contributed by atoms with Gasteiger partial charge in [-0.3, -0.25) is 4.99 Å². The van der Waals surface area contributed by atoms with Crippen LogP contribution in [-0.2, 0) is 4.74 Å². The van der Waals surface area contributed by atoms with Crippen LogP contribution in [0.15, 0.2) is 22.5 Å². The van der Waals surface area contributed by atoms with Gasteiger partial charge < -0.3 is 15.4 Å². The summed E-state index contributed by atoms with van der Waals surface area (Å²) in [5, 5.41) is 8.90. The summed E-state index contributed by atoms with van der Waals surface area (Å²) in [4.78, 5) is 5.69. The number of guanidine groups is 1. The standard InChI is InChI=1S/C17H31N3OS/c1-6-21-15(13(2)3)9-10-19-17(18-5)20-12-14(4)16-8-7-11-22-16/h7-8,11,13-15H,6,9-10,12H2,1-5H3,(H2,18,19,20). The van der Waals surface area contributed by atoms with Crippen molar-refractivity contribution in [1.29, 1.82) is 0 Å². The molecule has 0 aliphatic rings. The van der Waals surface area contributed by atoms with E-state index in [4.69, 9.17) is 4.74 Å². The van der Waals surface area contributed by atoms with Gasteiger partial charge in [0.1, 0.15) is 0 Å². The van der Waals surface area contributed by atoms with Crippen molar-refractivity contribution >= 4 is 17.3 Å². The average Bonchev–Trinajstić information content (AvgIpc) is 3.03. The minimum Gasteiger partial charge on any atom is -0.378 e. The molecule has 0 bridgehead atoms. The highest BCUT2D eigenvalue weighted by atomic mass is 32.1. The Labute approximate surface area is 139 Å². The van der Waals surface area contributed by atoms with E-state index in [1.54, 1.807) is 11.3 Å². The van der Waals surface area contributed by atoms with E-state index in [1.165, 1.54) is 4.88 Å². The lowest BCUT2D eigenvalue weighted by Gasteiger charge is -2.22. The number of hydrogen-bond acceptors (Lipinski definition) is 3. The lowest BCUT2D eigenvalue weighted by Crippen LogP contribution is -2.40. The van der Waals surface area contributed by atoms with Crippen molar-refractivity contribution in [2.45, 2.75) is 46.1 Å². The van der Waals surface area contributed by atoms with Gasteiger partial charge in [0.15, 0.2) is 5.96 Å². The smallest absolute Gasteiger partial charge is 0.190 e. The Morgan fingerprint density at radius 2 is 2.09 bits per heavy atom. The second kappa shape index (κ2) is 10.6. The number of nitrogens with zero attached hydrogens (tertiary/aromatic N) is 1. The summed E-state index contributed by atoms with van der Waals surface area (Å²) in [5.41, 5.74) is 0. The van der Waals surface area contributed by atoms with E-state index in [0.717, 1.165) is 32.1 Å². The van der Waals surface area contributed by atoms with E-state index in [0.29, 0.717) is 17.9 Å². The van der Waals surface area contributed by atoms with Crippen LogP contribution in [0.25, 0.3) is 0 Å². The summed E-state index contributed by atoms with van der Waals surface area (Å²) in [5.74, 6) is 1.89. The second-order valence-corrected chi connectivity index (χ2v) is 6.80. The van der Waals surface area contributed by atoms with E-state index in [1.807, 2.05) is 7.05 Å². The molecule has 4 nitrogen and oxygen atoms in total. The highest BCUT2D eigenvalue weighted by Gasteiger charge is 2.13. The van der Waals surface area contributed by atoms with Crippen LogP contribution in [0.3, 0.4) is 0 Å². The second-order valence-electron chi connectivity index (χ2n) is 5.82. The summed E-state index contributed by atoms with van der Waals surface area (Å²) in [7, 11) is 1.81. The van der Waals surface area contributed by atoms with Crippen LogP contribution >= 0.6 is 11.3 Å². The third-order valence-corrected chi connectivity index (χ3v) is 4.78. The number of nitrogens with one attached hydrogen (secondary N) is 2. The molecule has 2 unspecified atom stereocenters. The molecule has 0 aromatic carbocycles. The molecule has 0 fully saturated rings. The first kappa shape index (κ1) is 19.0. The van der Waals surface area contributed by atoms with Crippen LogP contribution in [0.4, 0.5) is 0 Å². The largest absolute Gasteiger partial charge is 0.378 e. The Hall–Kier alpha value is -1.07. The quantitative estimate of drug-likeness (QED) is 0.540. The Morgan fingerprint density at radius 3 is 2.64 bits per heavy atom. The molecule has 5 heteroatoms. The Bertz CT molecular complexity index is 418. The number of rotatable bonds is 9. The minimum absolute atomic E-state index is 0.306. The first-order chi connectivity index (χ1) is 10.6. The van der Waals surface area contributed by atoms with E-state index in [9.17, 15) is 0 Å². The summed E-state index contributed by atoms with van der Waals surface area (Å²) >= 11 is 1.80. The number of thiophene rings is 1. The van der Waals surface area contributed by atoms with Gasteiger partial charge in [0.05, 0.1) is 6.10 Å². The van der Waals surface area contributed by atoms with Gasteiger partial charge in [-0.25, -0.2) is 0 Å². The lowest BCUT2D eigenvalue weighted by molar-refractivity contribution is 0.0258. The van der Waals surface area contributed by atoms with Crippen molar-refractivity contribution < 1.29 is 4.74 Å². The molecule has 0 aliphatic heterocycles. The molecule has 0 aliphatic carbocycles. The zero-order valence-corrected chi connectivity index (χ0v) is 15.4. The Kier molecular flexibility index (Phi) is 9.16. The van der Waals surface area contributed by atoms with Crippen molar-refractivity contribution in [3.8, 4) is 0 Å². The monoisotopic (exact) mass is 325 g/mol. The molecular formula is C17H31N3OS. The predicted octanol–water partition coefficient (Wildman–Crippen LogP) is 3.47. The lowest BCUT2D eigenvalue weighted by atomic mass is 10.0. The maximum absolute atomic E-state index is 5.77. The first-order valence-corrected chi connectivity index (χ1v) is 9.05. The van der Waals surface area contributed by atoms with Crippen molar-refractivity contribution in [3.05, 3.63) is 22.4 Å². The molecule has 1 rings (SSSR count). The number of ether oxygens (including phenoxy) is 1.